The van der Waals surface area contributed by atoms with E-state index in [2.05, 4.69) is 24.1 Å². The second-order valence-corrected chi connectivity index (χ2v) is 7.49. The Hall–Kier alpha value is -0.610. The van der Waals surface area contributed by atoms with Gasteiger partial charge in [-0.15, -0.1) is 11.3 Å². The average Bonchev–Trinajstić information content (AvgIpc) is 3.15. The average molecular weight is 308 g/mol. The third-order valence-electron chi connectivity index (χ3n) is 4.94. The molecule has 1 aromatic rings. The molecule has 4 heteroatoms. The van der Waals surface area contributed by atoms with Crippen LogP contribution in [0.4, 0.5) is 5.13 Å². The zero-order valence-electron chi connectivity index (χ0n) is 13.5. The number of nitrogens with one attached hydrogen (secondary N) is 1. The third kappa shape index (κ3) is 3.26. The van der Waals surface area contributed by atoms with E-state index in [1.54, 1.807) is 4.88 Å². The highest BCUT2D eigenvalue weighted by Gasteiger charge is 2.28. The SMILES string of the molecule is CCCNC1CCCc2sc(N(CC)C3CCCC3)nc21. The van der Waals surface area contributed by atoms with Gasteiger partial charge in [-0.3, -0.25) is 0 Å². The molecule has 1 saturated carbocycles. The van der Waals surface area contributed by atoms with Crippen LogP contribution < -0.4 is 10.2 Å². The highest BCUT2D eigenvalue weighted by Crippen LogP contribution is 2.38. The molecule has 3 rings (SSSR count). The number of hydrogen-bond acceptors (Lipinski definition) is 4. The highest BCUT2D eigenvalue weighted by molar-refractivity contribution is 7.15. The van der Waals surface area contributed by atoms with E-state index in [-0.39, 0.29) is 0 Å². The normalized spacial score (nSPS) is 22.5. The van der Waals surface area contributed by atoms with E-state index < -0.39 is 0 Å². The first-order valence-electron chi connectivity index (χ1n) is 8.83. The van der Waals surface area contributed by atoms with Gasteiger partial charge in [0.05, 0.1) is 11.7 Å². The quantitative estimate of drug-likeness (QED) is 0.850. The molecule has 1 N–H and O–H groups in total. The van der Waals surface area contributed by atoms with Crippen molar-refractivity contribution in [3.8, 4) is 0 Å². The van der Waals surface area contributed by atoms with E-state index in [4.69, 9.17) is 4.98 Å². The Kier molecular flexibility index (Phi) is 5.17. The van der Waals surface area contributed by atoms with Gasteiger partial charge in [0, 0.05) is 17.5 Å². The van der Waals surface area contributed by atoms with Crippen LogP contribution in [0, 0.1) is 0 Å². The molecule has 1 fully saturated rings. The Bertz CT molecular complexity index is 451. The minimum Gasteiger partial charge on any atom is -0.345 e. The van der Waals surface area contributed by atoms with Crippen LogP contribution in [0.5, 0.6) is 0 Å². The number of nitrogens with zero attached hydrogens (tertiary/aromatic N) is 2. The molecule has 0 aromatic carbocycles. The zero-order chi connectivity index (χ0) is 14.7. The van der Waals surface area contributed by atoms with Crippen LogP contribution in [0.3, 0.4) is 0 Å². The summed E-state index contributed by atoms with van der Waals surface area (Å²) in [5.41, 5.74) is 1.37. The van der Waals surface area contributed by atoms with Crippen molar-refractivity contribution in [2.24, 2.45) is 0 Å². The van der Waals surface area contributed by atoms with Gasteiger partial charge in [0.25, 0.3) is 0 Å². The number of anilines is 1. The molecule has 0 amide bonds. The molecular weight excluding hydrogens is 278 g/mol. The lowest BCUT2D eigenvalue weighted by Gasteiger charge is -2.27. The molecular formula is C17H29N3S. The van der Waals surface area contributed by atoms with Gasteiger partial charge in [-0.25, -0.2) is 4.98 Å². The first-order valence-corrected chi connectivity index (χ1v) is 9.64. The van der Waals surface area contributed by atoms with Crippen molar-refractivity contribution >= 4 is 16.5 Å². The molecule has 1 atom stereocenters. The molecule has 2 aliphatic rings. The molecule has 0 saturated heterocycles. The zero-order valence-corrected chi connectivity index (χ0v) is 14.3. The molecule has 1 unspecified atom stereocenters. The molecule has 1 aromatic heterocycles. The molecule has 0 bridgehead atoms. The standard InChI is InChI=1S/C17H29N3S/c1-3-12-18-14-10-7-11-15-16(14)19-17(21-15)20(4-2)13-8-5-6-9-13/h13-14,18H,3-12H2,1-2H3. The van der Waals surface area contributed by atoms with E-state index in [0.717, 1.165) is 19.1 Å². The molecule has 21 heavy (non-hydrogen) atoms. The second-order valence-electron chi connectivity index (χ2n) is 6.43. The number of aryl methyl sites for hydroxylation is 1. The van der Waals surface area contributed by atoms with Gasteiger partial charge in [0.2, 0.25) is 0 Å². The maximum absolute atomic E-state index is 5.08. The maximum atomic E-state index is 5.08. The molecule has 0 spiro atoms. The van der Waals surface area contributed by atoms with Gasteiger partial charge < -0.3 is 10.2 Å². The summed E-state index contributed by atoms with van der Waals surface area (Å²) in [6.45, 7) is 6.73. The van der Waals surface area contributed by atoms with Gasteiger partial charge >= 0.3 is 0 Å². The summed E-state index contributed by atoms with van der Waals surface area (Å²) in [6.07, 6.45) is 10.5. The fourth-order valence-electron chi connectivity index (χ4n) is 3.81. The van der Waals surface area contributed by atoms with Crippen LogP contribution in [-0.2, 0) is 6.42 Å². The maximum Gasteiger partial charge on any atom is 0.186 e. The van der Waals surface area contributed by atoms with Gasteiger partial charge in [0.1, 0.15) is 0 Å². The van der Waals surface area contributed by atoms with Crippen molar-refractivity contribution in [1.82, 2.24) is 10.3 Å². The summed E-state index contributed by atoms with van der Waals surface area (Å²) in [6, 6.07) is 1.24. The summed E-state index contributed by atoms with van der Waals surface area (Å²) < 4.78 is 0. The van der Waals surface area contributed by atoms with E-state index in [1.165, 1.54) is 62.2 Å². The number of rotatable bonds is 6. The largest absolute Gasteiger partial charge is 0.345 e. The highest BCUT2D eigenvalue weighted by atomic mass is 32.1. The molecule has 1 heterocycles. The summed E-state index contributed by atoms with van der Waals surface area (Å²) >= 11 is 1.97. The Morgan fingerprint density at radius 2 is 2.00 bits per heavy atom. The lowest BCUT2D eigenvalue weighted by Crippen LogP contribution is -2.33. The first kappa shape index (κ1) is 15.3. The number of hydrogen-bond donors (Lipinski definition) is 1. The van der Waals surface area contributed by atoms with Crippen LogP contribution in [0.15, 0.2) is 0 Å². The summed E-state index contributed by atoms with van der Waals surface area (Å²) in [5.74, 6) is 0. The van der Waals surface area contributed by atoms with Gasteiger partial charge in [0.15, 0.2) is 5.13 Å². The van der Waals surface area contributed by atoms with Gasteiger partial charge in [-0.1, -0.05) is 19.8 Å². The van der Waals surface area contributed by atoms with Crippen molar-refractivity contribution in [3.05, 3.63) is 10.6 Å². The van der Waals surface area contributed by atoms with Crippen LogP contribution in [0.2, 0.25) is 0 Å². The minimum absolute atomic E-state index is 0.501. The smallest absolute Gasteiger partial charge is 0.186 e. The van der Waals surface area contributed by atoms with Crippen LogP contribution in [0.1, 0.15) is 75.4 Å². The predicted octanol–water partition coefficient (Wildman–Crippen LogP) is 4.29. The number of fused-ring (bicyclic) bond motifs is 1. The van der Waals surface area contributed by atoms with E-state index in [0.29, 0.717) is 6.04 Å². The minimum atomic E-state index is 0.501. The topological polar surface area (TPSA) is 28.2 Å². The monoisotopic (exact) mass is 307 g/mol. The lowest BCUT2D eigenvalue weighted by atomic mass is 9.97. The second kappa shape index (κ2) is 7.10. The van der Waals surface area contributed by atoms with E-state index in [9.17, 15) is 0 Å². The first-order chi connectivity index (χ1) is 10.3. The predicted molar refractivity (Wildman–Crippen MR) is 91.4 cm³/mol. The van der Waals surface area contributed by atoms with E-state index >= 15 is 0 Å². The third-order valence-corrected chi connectivity index (χ3v) is 6.10. The molecule has 118 valence electrons. The Morgan fingerprint density at radius 3 is 2.71 bits per heavy atom. The number of thiazole rings is 1. The Balaban J connectivity index is 1.79. The molecule has 0 aliphatic heterocycles. The van der Waals surface area contributed by atoms with Crippen molar-refractivity contribution in [3.63, 3.8) is 0 Å². The summed E-state index contributed by atoms with van der Waals surface area (Å²) in [5, 5.41) is 4.98. The Labute approximate surface area is 133 Å². The molecule has 0 radical (unpaired) electrons. The fourth-order valence-corrected chi connectivity index (χ4v) is 5.11. The van der Waals surface area contributed by atoms with Crippen molar-refractivity contribution < 1.29 is 0 Å². The van der Waals surface area contributed by atoms with Crippen LogP contribution in [-0.4, -0.2) is 24.1 Å². The van der Waals surface area contributed by atoms with Crippen molar-refractivity contribution in [2.45, 2.75) is 77.3 Å². The van der Waals surface area contributed by atoms with E-state index in [1.807, 2.05) is 11.3 Å². The molecule has 2 aliphatic carbocycles. The van der Waals surface area contributed by atoms with Crippen molar-refractivity contribution in [2.75, 3.05) is 18.0 Å². The lowest BCUT2D eigenvalue weighted by molar-refractivity contribution is 0.454. The number of aromatic nitrogens is 1. The van der Waals surface area contributed by atoms with Crippen molar-refractivity contribution in [1.29, 1.82) is 0 Å². The fraction of sp³-hybridized carbons (Fsp3) is 0.824. The molecule has 3 nitrogen and oxygen atoms in total. The Morgan fingerprint density at radius 1 is 1.19 bits per heavy atom. The van der Waals surface area contributed by atoms with Gasteiger partial charge in [-0.2, -0.15) is 0 Å². The van der Waals surface area contributed by atoms with Crippen LogP contribution >= 0.6 is 11.3 Å². The van der Waals surface area contributed by atoms with Gasteiger partial charge in [-0.05, 0) is 52.0 Å². The summed E-state index contributed by atoms with van der Waals surface area (Å²) in [7, 11) is 0. The van der Waals surface area contributed by atoms with Crippen LogP contribution in [0.25, 0.3) is 0 Å². The summed E-state index contributed by atoms with van der Waals surface area (Å²) in [4.78, 5) is 9.20.